The van der Waals surface area contributed by atoms with Crippen molar-refractivity contribution in [2.24, 2.45) is 22.7 Å². The van der Waals surface area contributed by atoms with Gasteiger partial charge in [-0.05, 0) is 0 Å². The van der Waals surface area contributed by atoms with Crippen molar-refractivity contribution in [2.45, 2.75) is 34.1 Å². The van der Waals surface area contributed by atoms with Crippen LogP contribution in [-0.2, 0) is 4.79 Å². The first-order valence-corrected chi connectivity index (χ1v) is 17.1. The Morgan fingerprint density at radius 2 is 2.14 bits per heavy atom. The van der Waals surface area contributed by atoms with E-state index in [9.17, 15) is 9.90 Å². The van der Waals surface area contributed by atoms with Crippen LogP contribution in [0.25, 0.3) is 23.5 Å². The van der Waals surface area contributed by atoms with Gasteiger partial charge in [0.05, 0.1) is 0 Å². The van der Waals surface area contributed by atoms with Gasteiger partial charge in [-0.3, -0.25) is 0 Å². The molecule has 0 aromatic heterocycles. The maximum atomic E-state index is 11.9. The fraction of sp³-hybridized carbons (Fsp3) is 0.379. The van der Waals surface area contributed by atoms with Crippen LogP contribution in [0, 0.1) is 28.2 Å². The van der Waals surface area contributed by atoms with Crippen LogP contribution in [-0.4, -0.2) is 28.6 Å². The Bertz CT molecular complexity index is 1290. The summed E-state index contributed by atoms with van der Waals surface area (Å²) in [6.07, 6.45) is 11.1. The van der Waals surface area contributed by atoms with Gasteiger partial charge in [-0.25, -0.2) is 0 Å². The van der Waals surface area contributed by atoms with Crippen molar-refractivity contribution in [1.82, 2.24) is 5.32 Å². The summed E-state index contributed by atoms with van der Waals surface area (Å²) in [6.45, 7) is 13.9. The van der Waals surface area contributed by atoms with Crippen molar-refractivity contribution in [3.05, 3.63) is 70.0 Å². The van der Waals surface area contributed by atoms with E-state index in [1.807, 2.05) is 13.0 Å². The average Bonchev–Trinajstić information content (AvgIpc) is 2.96. The molecule has 0 spiro atoms. The van der Waals surface area contributed by atoms with E-state index in [0.717, 1.165) is 51.9 Å². The van der Waals surface area contributed by atoms with Crippen LogP contribution in [0.4, 0.5) is 0 Å². The molecule has 2 heterocycles. The number of carboxylic acid groups (broad SMARTS) is 1. The van der Waals surface area contributed by atoms with E-state index in [-0.39, 0.29) is 33.0 Å². The number of carboxylic acids is 1. The zero-order chi connectivity index (χ0) is 25.8. The standard InChI is InChI=1S/C29H34I2N2O3/c1-6-9-10-19-13-20(29(34)35)23(19)16-30-28-21-11-17(4)24(32-7-2)14-25(21)36-26-15-27(33-8-3)31-18(5)12-22(26)28/h6,9-12,14-15,19-20,23,33H,1,7-8,13,16H2,2-5H3,(H,34,35)/q-2/b10-9-,32-24?/t19?,20?,23-/m1/s1. The summed E-state index contributed by atoms with van der Waals surface area (Å²) < 4.78 is 11.5. The molecule has 0 aromatic carbocycles. The van der Waals surface area contributed by atoms with Crippen LogP contribution in [0.1, 0.15) is 44.1 Å². The molecular formula is C29H34I2N2O3-2. The first kappa shape index (κ1) is 27.2. The summed E-state index contributed by atoms with van der Waals surface area (Å²) in [5, 5.41) is 14.3. The molecule has 36 heavy (non-hydrogen) atoms. The summed E-state index contributed by atoms with van der Waals surface area (Å²) in [7, 11) is 0. The Morgan fingerprint density at radius 1 is 1.33 bits per heavy atom. The molecular weight excluding hydrogens is 678 g/mol. The molecule has 0 saturated heterocycles. The third kappa shape index (κ3) is 5.82. The Labute approximate surface area is 234 Å². The van der Waals surface area contributed by atoms with Crippen molar-refractivity contribution in [3.63, 3.8) is 0 Å². The van der Waals surface area contributed by atoms with Crippen molar-refractivity contribution in [1.29, 1.82) is 0 Å². The Hall–Kier alpha value is -1.88. The van der Waals surface area contributed by atoms with E-state index in [1.54, 1.807) is 6.08 Å². The van der Waals surface area contributed by atoms with Gasteiger partial charge in [0.25, 0.3) is 0 Å². The van der Waals surface area contributed by atoms with E-state index in [2.05, 4.69) is 68.0 Å². The minimum atomic E-state index is -0.667. The number of carbonyl (C=O) groups is 1. The number of nitrogens with zero attached hydrogens (tertiary/aromatic N) is 1. The van der Waals surface area contributed by atoms with Gasteiger partial charge < -0.3 is 0 Å². The molecule has 4 rings (SSSR count). The second-order valence-corrected chi connectivity index (χ2v) is 15.2. The monoisotopic (exact) mass is 712 g/mol. The number of rotatable bonds is 9. The van der Waals surface area contributed by atoms with E-state index < -0.39 is 27.2 Å². The normalized spacial score (nSPS) is 22.3. The Balaban J connectivity index is 1.83. The van der Waals surface area contributed by atoms with Crippen molar-refractivity contribution in [3.8, 4) is 11.3 Å². The predicted octanol–water partition coefficient (Wildman–Crippen LogP) is -0.678. The minimum absolute atomic E-state index is 0.168. The second kappa shape index (κ2) is 12.1. The molecule has 2 aliphatic carbocycles. The number of allylic oxidation sites excluding steroid dienone is 4. The number of benzene rings is 1. The first-order chi connectivity index (χ1) is 17.4. The fourth-order valence-corrected chi connectivity index (χ4v) is 11.0. The summed E-state index contributed by atoms with van der Waals surface area (Å²) in [5.74, 6) is 1.32. The SMILES string of the molecule is C=C/C=C\C1CC(C(=O)O)[C@@H]1C[I-]c1c2cc(C)c(=NCC)cc-2oc2c1C=C(C)[I-]C(NCC)=C2. The van der Waals surface area contributed by atoms with Crippen LogP contribution in [0.15, 0.2) is 53.6 Å². The summed E-state index contributed by atoms with van der Waals surface area (Å²) in [4.78, 5) is 16.6. The molecule has 0 radical (unpaired) electrons. The Kier molecular flexibility index (Phi) is 9.14. The van der Waals surface area contributed by atoms with Crippen LogP contribution in [0.2, 0.25) is 0 Å². The average molecular weight is 712 g/mol. The van der Waals surface area contributed by atoms with E-state index in [0.29, 0.717) is 5.92 Å². The van der Waals surface area contributed by atoms with Gasteiger partial charge in [0.1, 0.15) is 0 Å². The molecule has 2 aliphatic heterocycles. The fourth-order valence-electron chi connectivity index (χ4n) is 4.73. The third-order valence-electron chi connectivity index (χ3n) is 6.58. The van der Waals surface area contributed by atoms with Gasteiger partial charge in [-0.2, -0.15) is 0 Å². The number of hydrogen-bond donors (Lipinski definition) is 2. The molecule has 1 saturated carbocycles. The summed E-state index contributed by atoms with van der Waals surface area (Å²) in [5.41, 5.74) is 3.49. The molecule has 4 aliphatic rings. The molecule has 5 nitrogen and oxygen atoms in total. The maximum absolute atomic E-state index is 11.9. The van der Waals surface area contributed by atoms with E-state index in [1.165, 1.54) is 16.4 Å². The summed E-state index contributed by atoms with van der Waals surface area (Å²) >= 11 is -0.739. The van der Waals surface area contributed by atoms with Gasteiger partial charge in [-0.1, -0.05) is 0 Å². The number of alkyl halides is 1. The van der Waals surface area contributed by atoms with Crippen molar-refractivity contribution >= 4 is 18.1 Å². The molecule has 0 bridgehead atoms. The topological polar surface area (TPSA) is 74.8 Å². The van der Waals surface area contributed by atoms with Gasteiger partial charge in [0, 0.05) is 0 Å². The van der Waals surface area contributed by atoms with Gasteiger partial charge in [-0.15, -0.1) is 0 Å². The number of aliphatic carboxylic acids is 1. The molecule has 0 aromatic rings. The molecule has 2 unspecified atom stereocenters. The molecule has 3 atom stereocenters. The molecule has 2 N–H and O–H groups in total. The molecule has 1 fully saturated rings. The zero-order valence-electron chi connectivity index (χ0n) is 21.3. The van der Waals surface area contributed by atoms with Crippen molar-refractivity contribution in [2.75, 3.05) is 17.5 Å². The predicted molar refractivity (Wildman–Crippen MR) is 137 cm³/mol. The number of fused-ring (bicyclic) bond motifs is 2. The zero-order valence-corrected chi connectivity index (χ0v) is 25.6. The van der Waals surface area contributed by atoms with Gasteiger partial charge in [0.2, 0.25) is 0 Å². The van der Waals surface area contributed by atoms with Crippen LogP contribution in [0.3, 0.4) is 0 Å². The summed E-state index contributed by atoms with van der Waals surface area (Å²) in [6, 6.07) is 4.31. The molecule has 0 amide bonds. The number of hydrogen-bond acceptors (Lipinski definition) is 4. The van der Waals surface area contributed by atoms with Crippen LogP contribution >= 0.6 is 0 Å². The second-order valence-electron chi connectivity index (χ2n) is 9.07. The third-order valence-corrected chi connectivity index (χ3v) is 12.4. The van der Waals surface area contributed by atoms with E-state index >= 15 is 0 Å². The van der Waals surface area contributed by atoms with E-state index in [4.69, 9.17) is 4.42 Å². The molecule has 194 valence electrons. The van der Waals surface area contributed by atoms with Crippen molar-refractivity contribution < 1.29 is 56.7 Å². The number of halogens is 2. The number of aryl methyl sites for hydroxylation is 1. The Morgan fingerprint density at radius 3 is 2.83 bits per heavy atom. The van der Waals surface area contributed by atoms with Crippen LogP contribution in [0.5, 0.6) is 0 Å². The number of nitrogens with one attached hydrogen (secondary N) is 1. The van der Waals surface area contributed by atoms with Gasteiger partial charge in [0.15, 0.2) is 0 Å². The van der Waals surface area contributed by atoms with Gasteiger partial charge >= 0.3 is 236 Å². The first-order valence-electron chi connectivity index (χ1n) is 12.4. The quantitative estimate of drug-likeness (QED) is 0.157. The molecule has 7 heteroatoms. The van der Waals surface area contributed by atoms with Crippen LogP contribution < -0.4 is 53.1 Å².